The minimum atomic E-state index is -0.406. The van der Waals surface area contributed by atoms with Gasteiger partial charge in [-0.15, -0.1) is 0 Å². The molecule has 0 N–H and O–H groups in total. The molecule has 0 aliphatic carbocycles. The standard InChI is InChI=1S/C10H10O3S/c1-8(11)14-7-10(12)13-9-5-3-2-4-6-9/h2-6H,7H2,1H3. The molecule has 14 heavy (non-hydrogen) atoms. The summed E-state index contributed by atoms with van der Waals surface area (Å²) in [7, 11) is 0. The first-order valence-electron chi connectivity index (χ1n) is 4.07. The van der Waals surface area contributed by atoms with Gasteiger partial charge in [0.1, 0.15) is 5.75 Å². The predicted molar refractivity (Wildman–Crippen MR) is 55.2 cm³/mol. The molecule has 4 heteroatoms. The summed E-state index contributed by atoms with van der Waals surface area (Å²) in [5.41, 5.74) is 0. The summed E-state index contributed by atoms with van der Waals surface area (Å²) in [6.45, 7) is 1.42. The van der Waals surface area contributed by atoms with Crippen molar-refractivity contribution in [3.63, 3.8) is 0 Å². The van der Waals surface area contributed by atoms with Crippen LogP contribution in [-0.4, -0.2) is 16.8 Å². The molecule has 0 saturated heterocycles. The molecule has 3 nitrogen and oxygen atoms in total. The van der Waals surface area contributed by atoms with Gasteiger partial charge in [-0.3, -0.25) is 9.59 Å². The fraction of sp³-hybridized carbons (Fsp3) is 0.200. The van der Waals surface area contributed by atoms with Crippen LogP contribution in [0.4, 0.5) is 0 Å². The largest absolute Gasteiger partial charge is 0.426 e. The lowest BCUT2D eigenvalue weighted by molar-refractivity contribution is -0.131. The first kappa shape index (κ1) is 10.8. The Hall–Kier alpha value is -1.29. The fourth-order valence-corrected chi connectivity index (χ4v) is 1.19. The lowest BCUT2D eigenvalue weighted by Gasteiger charge is -2.01. The molecule has 0 saturated carbocycles. The molecule has 1 aromatic rings. The lowest BCUT2D eigenvalue weighted by Crippen LogP contribution is -2.11. The van der Waals surface area contributed by atoms with Crippen molar-refractivity contribution in [2.45, 2.75) is 6.92 Å². The Kier molecular flexibility index (Phi) is 4.19. The number of rotatable bonds is 3. The van der Waals surface area contributed by atoms with Gasteiger partial charge < -0.3 is 4.74 Å². The van der Waals surface area contributed by atoms with Gasteiger partial charge in [0.15, 0.2) is 5.12 Å². The first-order chi connectivity index (χ1) is 6.68. The molecule has 0 bridgehead atoms. The fourth-order valence-electron chi connectivity index (χ4n) is 0.810. The Morgan fingerprint density at radius 2 is 1.93 bits per heavy atom. The lowest BCUT2D eigenvalue weighted by atomic mass is 10.3. The zero-order valence-electron chi connectivity index (χ0n) is 7.73. The topological polar surface area (TPSA) is 43.4 Å². The zero-order valence-corrected chi connectivity index (χ0v) is 8.54. The molecule has 0 aromatic heterocycles. The first-order valence-corrected chi connectivity index (χ1v) is 5.06. The molecule has 0 aliphatic heterocycles. The van der Waals surface area contributed by atoms with Crippen LogP contribution >= 0.6 is 11.8 Å². The molecular formula is C10H10O3S. The second kappa shape index (κ2) is 5.44. The highest BCUT2D eigenvalue weighted by atomic mass is 32.2. The number of thioether (sulfide) groups is 1. The van der Waals surface area contributed by atoms with E-state index in [0.717, 1.165) is 11.8 Å². The van der Waals surface area contributed by atoms with E-state index < -0.39 is 5.97 Å². The molecule has 0 aliphatic rings. The summed E-state index contributed by atoms with van der Waals surface area (Å²) in [6, 6.07) is 8.77. The van der Waals surface area contributed by atoms with Crippen LogP contribution in [0.1, 0.15) is 6.92 Å². The highest BCUT2D eigenvalue weighted by Gasteiger charge is 2.05. The Morgan fingerprint density at radius 3 is 2.50 bits per heavy atom. The molecule has 0 spiro atoms. The van der Waals surface area contributed by atoms with Crippen molar-refractivity contribution in [2.75, 3.05) is 5.75 Å². The van der Waals surface area contributed by atoms with Gasteiger partial charge in [0.25, 0.3) is 0 Å². The Bertz CT molecular complexity index is 321. The van der Waals surface area contributed by atoms with E-state index >= 15 is 0 Å². The molecule has 0 heterocycles. The van der Waals surface area contributed by atoms with Gasteiger partial charge in [0.05, 0.1) is 5.75 Å². The predicted octanol–water partition coefficient (Wildman–Crippen LogP) is 1.87. The SMILES string of the molecule is CC(=O)SCC(=O)Oc1ccccc1. The highest BCUT2D eigenvalue weighted by molar-refractivity contribution is 8.14. The van der Waals surface area contributed by atoms with Crippen molar-refractivity contribution in [2.24, 2.45) is 0 Å². The zero-order chi connectivity index (χ0) is 10.4. The number of carbonyl (C=O) groups is 2. The maximum absolute atomic E-state index is 11.1. The summed E-state index contributed by atoms with van der Waals surface area (Å²) < 4.78 is 4.95. The van der Waals surface area contributed by atoms with E-state index in [0.29, 0.717) is 5.75 Å². The van der Waals surface area contributed by atoms with Gasteiger partial charge in [-0.1, -0.05) is 30.0 Å². The summed E-state index contributed by atoms with van der Waals surface area (Å²) in [6.07, 6.45) is 0. The molecule has 0 unspecified atom stereocenters. The van der Waals surface area contributed by atoms with Gasteiger partial charge in [0.2, 0.25) is 0 Å². The summed E-state index contributed by atoms with van der Waals surface area (Å²) in [5, 5.41) is -0.0880. The van der Waals surface area contributed by atoms with Crippen LogP contribution in [0.2, 0.25) is 0 Å². The van der Waals surface area contributed by atoms with Crippen molar-refractivity contribution in [1.29, 1.82) is 0 Å². The van der Waals surface area contributed by atoms with Gasteiger partial charge >= 0.3 is 5.97 Å². The maximum Gasteiger partial charge on any atom is 0.321 e. The van der Waals surface area contributed by atoms with E-state index in [9.17, 15) is 9.59 Å². The summed E-state index contributed by atoms with van der Waals surface area (Å²) in [4.78, 5) is 21.7. The van der Waals surface area contributed by atoms with Crippen LogP contribution in [0.15, 0.2) is 30.3 Å². The van der Waals surface area contributed by atoms with E-state index in [2.05, 4.69) is 0 Å². The minimum absolute atomic E-state index is 0.0597. The molecule has 0 radical (unpaired) electrons. The van der Waals surface area contributed by atoms with Crippen molar-refractivity contribution < 1.29 is 14.3 Å². The molecule has 74 valence electrons. The Morgan fingerprint density at radius 1 is 1.29 bits per heavy atom. The summed E-state index contributed by atoms with van der Waals surface area (Å²) >= 11 is 0.945. The van der Waals surface area contributed by atoms with Crippen molar-refractivity contribution in [3.8, 4) is 5.75 Å². The smallest absolute Gasteiger partial charge is 0.321 e. The van der Waals surface area contributed by atoms with Gasteiger partial charge in [-0.2, -0.15) is 0 Å². The second-order valence-electron chi connectivity index (χ2n) is 2.57. The number of carbonyl (C=O) groups excluding carboxylic acids is 2. The van der Waals surface area contributed by atoms with Crippen LogP contribution in [-0.2, 0) is 9.59 Å². The van der Waals surface area contributed by atoms with Gasteiger partial charge in [0, 0.05) is 6.92 Å². The van der Waals surface area contributed by atoms with Crippen LogP contribution in [0.25, 0.3) is 0 Å². The van der Waals surface area contributed by atoms with E-state index in [4.69, 9.17) is 4.74 Å². The molecule has 0 amide bonds. The third-order valence-electron chi connectivity index (χ3n) is 1.37. The van der Waals surface area contributed by atoms with Gasteiger partial charge in [-0.05, 0) is 12.1 Å². The van der Waals surface area contributed by atoms with E-state index in [1.807, 2.05) is 6.07 Å². The average molecular weight is 210 g/mol. The van der Waals surface area contributed by atoms with Crippen LogP contribution in [0.5, 0.6) is 5.75 Å². The maximum atomic E-state index is 11.1. The minimum Gasteiger partial charge on any atom is -0.426 e. The number of esters is 1. The summed E-state index contributed by atoms with van der Waals surface area (Å²) in [5.74, 6) is 0.155. The van der Waals surface area contributed by atoms with E-state index in [1.54, 1.807) is 24.3 Å². The number of hydrogen-bond donors (Lipinski definition) is 0. The molecule has 1 rings (SSSR count). The van der Waals surface area contributed by atoms with E-state index in [-0.39, 0.29) is 10.9 Å². The third kappa shape index (κ3) is 4.09. The Labute approximate surface area is 86.5 Å². The normalized spacial score (nSPS) is 9.50. The third-order valence-corrected chi connectivity index (χ3v) is 2.15. The number of para-hydroxylation sites is 1. The monoisotopic (exact) mass is 210 g/mol. The van der Waals surface area contributed by atoms with Crippen molar-refractivity contribution >= 4 is 22.8 Å². The second-order valence-corrected chi connectivity index (χ2v) is 3.72. The van der Waals surface area contributed by atoms with Crippen molar-refractivity contribution in [3.05, 3.63) is 30.3 Å². The molecule has 1 aromatic carbocycles. The average Bonchev–Trinajstić information content (AvgIpc) is 2.16. The molecule has 0 atom stereocenters. The number of benzene rings is 1. The Balaban J connectivity index is 2.38. The quantitative estimate of drug-likeness (QED) is 0.564. The van der Waals surface area contributed by atoms with E-state index in [1.165, 1.54) is 6.92 Å². The van der Waals surface area contributed by atoms with Crippen LogP contribution in [0, 0.1) is 0 Å². The van der Waals surface area contributed by atoms with Crippen LogP contribution in [0.3, 0.4) is 0 Å². The highest BCUT2D eigenvalue weighted by Crippen LogP contribution is 2.10. The number of hydrogen-bond acceptors (Lipinski definition) is 4. The van der Waals surface area contributed by atoms with Crippen molar-refractivity contribution in [1.82, 2.24) is 0 Å². The number of ether oxygens (including phenoxy) is 1. The molecule has 0 fully saturated rings. The van der Waals surface area contributed by atoms with Gasteiger partial charge in [-0.25, -0.2) is 0 Å². The van der Waals surface area contributed by atoms with Crippen LogP contribution < -0.4 is 4.74 Å². The molecular weight excluding hydrogens is 200 g/mol.